The Balaban J connectivity index is 2.12. The Labute approximate surface area is 84.8 Å². The van der Waals surface area contributed by atoms with Crippen LogP contribution in [-0.2, 0) is 10.9 Å². The summed E-state index contributed by atoms with van der Waals surface area (Å²) in [5.41, 5.74) is -0.864. The monoisotopic (exact) mass is 220 g/mol. The third-order valence-electron chi connectivity index (χ3n) is 2.35. The van der Waals surface area contributed by atoms with E-state index in [-0.39, 0.29) is 6.23 Å². The maximum absolute atomic E-state index is 12.3. The van der Waals surface area contributed by atoms with Crippen molar-refractivity contribution in [1.29, 1.82) is 0 Å². The highest BCUT2D eigenvalue weighted by Crippen LogP contribution is 2.29. The molecule has 0 spiro atoms. The average molecular weight is 220 g/mol. The minimum absolute atomic E-state index is 0.338. The fourth-order valence-electron chi connectivity index (χ4n) is 1.58. The molecule has 1 unspecified atom stereocenters. The molecule has 2 rings (SSSR count). The minimum Gasteiger partial charge on any atom is -0.357 e. The fraction of sp³-hybridized carbons (Fsp3) is 0.667. The third kappa shape index (κ3) is 2.31. The average Bonchev–Trinajstić information content (AvgIpc) is 2.67. The van der Waals surface area contributed by atoms with Gasteiger partial charge in [0.1, 0.15) is 6.23 Å². The molecule has 6 heteroatoms. The smallest absolute Gasteiger partial charge is 0.357 e. The molecule has 2 heterocycles. The molecule has 0 N–H and O–H groups in total. The summed E-state index contributed by atoms with van der Waals surface area (Å²) < 4.78 is 43.3. The first kappa shape index (κ1) is 10.5. The van der Waals surface area contributed by atoms with Gasteiger partial charge in [-0.3, -0.25) is 0 Å². The molecule has 0 aromatic carbocycles. The molecule has 84 valence electrons. The molecule has 15 heavy (non-hydrogen) atoms. The van der Waals surface area contributed by atoms with Crippen LogP contribution in [0.1, 0.15) is 31.2 Å². The van der Waals surface area contributed by atoms with Crippen LogP contribution in [0.4, 0.5) is 13.2 Å². The molecule has 1 aliphatic heterocycles. The highest BCUT2D eigenvalue weighted by molar-refractivity contribution is 5.03. The number of hydrogen-bond donors (Lipinski definition) is 0. The number of hydrogen-bond acceptors (Lipinski definition) is 2. The van der Waals surface area contributed by atoms with Gasteiger partial charge in [-0.05, 0) is 25.3 Å². The van der Waals surface area contributed by atoms with E-state index in [1.54, 1.807) is 0 Å². The standard InChI is InChI=1S/C9H11F3N2O/c10-9(11,12)7-4-5-14(13-7)8-3-1-2-6-15-8/h4-5,8H,1-3,6H2. The Morgan fingerprint density at radius 1 is 1.40 bits per heavy atom. The SMILES string of the molecule is FC(F)(F)c1ccn(C2CCCCO2)n1. The van der Waals surface area contributed by atoms with Gasteiger partial charge in [0.25, 0.3) is 0 Å². The van der Waals surface area contributed by atoms with E-state index in [0.29, 0.717) is 6.61 Å². The van der Waals surface area contributed by atoms with Gasteiger partial charge in [0.05, 0.1) is 0 Å². The van der Waals surface area contributed by atoms with Crippen LogP contribution in [0.2, 0.25) is 0 Å². The third-order valence-corrected chi connectivity index (χ3v) is 2.35. The van der Waals surface area contributed by atoms with Crippen molar-refractivity contribution in [2.45, 2.75) is 31.7 Å². The lowest BCUT2D eigenvalue weighted by Crippen LogP contribution is -2.19. The second-order valence-corrected chi connectivity index (χ2v) is 3.50. The lowest BCUT2D eigenvalue weighted by molar-refractivity contribution is -0.142. The van der Waals surface area contributed by atoms with E-state index in [9.17, 15) is 13.2 Å². The van der Waals surface area contributed by atoms with Crippen molar-refractivity contribution in [2.24, 2.45) is 0 Å². The normalized spacial score (nSPS) is 23.0. The largest absolute Gasteiger partial charge is 0.435 e. The van der Waals surface area contributed by atoms with Gasteiger partial charge in [-0.25, -0.2) is 4.68 Å². The van der Waals surface area contributed by atoms with Crippen molar-refractivity contribution in [2.75, 3.05) is 6.61 Å². The minimum atomic E-state index is -4.38. The first-order chi connectivity index (χ1) is 7.07. The van der Waals surface area contributed by atoms with Crippen molar-refractivity contribution >= 4 is 0 Å². The number of alkyl halides is 3. The van der Waals surface area contributed by atoms with E-state index >= 15 is 0 Å². The summed E-state index contributed by atoms with van der Waals surface area (Å²) in [5, 5.41) is 3.47. The molecule has 3 nitrogen and oxygen atoms in total. The van der Waals surface area contributed by atoms with E-state index < -0.39 is 11.9 Å². The predicted octanol–water partition coefficient (Wildman–Crippen LogP) is 2.60. The summed E-state index contributed by atoms with van der Waals surface area (Å²) in [4.78, 5) is 0. The first-order valence-corrected chi connectivity index (χ1v) is 4.81. The maximum Gasteiger partial charge on any atom is 0.435 e. The summed E-state index contributed by atoms with van der Waals surface area (Å²) in [6.45, 7) is 0.589. The number of halogens is 3. The van der Waals surface area contributed by atoms with E-state index in [1.807, 2.05) is 0 Å². The van der Waals surface area contributed by atoms with Crippen molar-refractivity contribution in [1.82, 2.24) is 9.78 Å². The number of rotatable bonds is 1. The van der Waals surface area contributed by atoms with Gasteiger partial charge in [0.15, 0.2) is 5.69 Å². The van der Waals surface area contributed by atoms with Gasteiger partial charge in [-0.1, -0.05) is 0 Å². The summed E-state index contributed by atoms with van der Waals surface area (Å²) in [6, 6.07) is 0.970. The summed E-state index contributed by atoms with van der Waals surface area (Å²) >= 11 is 0. The first-order valence-electron chi connectivity index (χ1n) is 4.81. The summed E-state index contributed by atoms with van der Waals surface area (Å²) in [6.07, 6.45) is -0.747. The lowest BCUT2D eigenvalue weighted by Gasteiger charge is -2.22. The number of nitrogens with zero attached hydrogens (tertiary/aromatic N) is 2. The van der Waals surface area contributed by atoms with Crippen molar-refractivity contribution in [3.05, 3.63) is 18.0 Å². The number of ether oxygens (including phenoxy) is 1. The highest BCUT2D eigenvalue weighted by atomic mass is 19.4. The predicted molar refractivity (Wildman–Crippen MR) is 46.1 cm³/mol. The van der Waals surface area contributed by atoms with Crippen LogP contribution in [0.15, 0.2) is 12.3 Å². The Morgan fingerprint density at radius 2 is 2.20 bits per heavy atom. The van der Waals surface area contributed by atoms with E-state index in [1.165, 1.54) is 10.9 Å². The Morgan fingerprint density at radius 3 is 2.73 bits per heavy atom. The highest BCUT2D eigenvalue weighted by Gasteiger charge is 2.34. The van der Waals surface area contributed by atoms with Crippen LogP contribution >= 0.6 is 0 Å². The van der Waals surface area contributed by atoms with Crippen molar-refractivity contribution < 1.29 is 17.9 Å². The molecule has 0 radical (unpaired) electrons. The Kier molecular flexibility index (Phi) is 2.68. The van der Waals surface area contributed by atoms with Gasteiger partial charge in [0.2, 0.25) is 0 Å². The van der Waals surface area contributed by atoms with Crippen LogP contribution in [0, 0.1) is 0 Å². The molecular weight excluding hydrogens is 209 g/mol. The quantitative estimate of drug-likeness (QED) is 0.727. The molecule has 1 atom stereocenters. The van der Waals surface area contributed by atoms with Gasteiger partial charge in [-0.2, -0.15) is 18.3 Å². The molecule has 1 aliphatic rings. The van der Waals surface area contributed by atoms with E-state index in [2.05, 4.69) is 5.10 Å². The van der Waals surface area contributed by atoms with Gasteiger partial charge >= 0.3 is 6.18 Å². The molecule has 0 bridgehead atoms. The Bertz CT molecular complexity index is 328. The Hall–Kier alpha value is -1.04. The summed E-state index contributed by atoms with van der Waals surface area (Å²) in [5.74, 6) is 0. The van der Waals surface area contributed by atoms with Crippen LogP contribution in [-0.4, -0.2) is 16.4 Å². The van der Waals surface area contributed by atoms with Crippen molar-refractivity contribution in [3.8, 4) is 0 Å². The van der Waals surface area contributed by atoms with E-state index in [4.69, 9.17) is 4.74 Å². The molecule has 1 fully saturated rings. The molecule has 1 aromatic rings. The second kappa shape index (κ2) is 3.84. The molecule has 1 saturated heterocycles. The lowest BCUT2D eigenvalue weighted by atomic mass is 10.2. The van der Waals surface area contributed by atoms with Crippen LogP contribution in [0.25, 0.3) is 0 Å². The molecule has 0 amide bonds. The van der Waals surface area contributed by atoms with Gasteiger partial charge in [0, 0.05) is 12.8 Å². The van der Waals surface area contributed by atoms with E-state index in [0.717, 1.165) is 25.3 Å². The maximum atomic E-state index is 12.3. The molecule has 1 aromatic heterocycles. The zero-order valence-corrected chi connectivity index (χ0v) is 8.00. The van der Waals surface area contributed by atoms with Crippen molar-refractivity contribution in [3.63, 3.8) is 0 Å². The fourth-order valence-corrected chi connectivity index (χ4v) is 1.58. The zero-order chi connectivity index (χ0) is 10.9. The molecular formula is C9H11F3N2O. The van der Waals surface area contributed by atoms with Crippen LogP contribution in [0.3, 0.4) is 0 Å². The van der Waals surface area contributed by atoms with Gasteiger partial charge < -0.3 is 4.74 Å². The van der Waals surface area contributed by atoms with Crippen LogP contribution in [0.5, 0.6) is 0 Å². The molecule has 0 aliphatic carbocycles. The topological polar surface area (TPSA) is 27.1 Å². The van der Waals surface area contributed by atoms with Crippen LogP contribution < -0.4 is 0 Å². The summed E-state index contributed by atoms with van der Waals surface area (Å²) in [7, 11) is 0. The number of aromatic nitrogens is 2. The molecule has 0 saturated carbocycles. The van der Waals surface area contributed by atoms with Gasteiger partial charge in [-0.15, -0.1) is 0 Å². The second-order valence-electron chi connectivity index (χ2n) is 3.50. The zero-order valence-electron chi connectivity index (χ0n) is 8.00.